The van der Waals surface area contributed by atoms with Crippen molar-refractivity contribution < 1.29 is 9.59 Å². The number of carbonyl (C=O) groups is 2. The Hall–Kier alpha value is -1.71. The summed E-state index contributed by atoms with van der Waals surface area (Å²) in [5.41, 5.74) is 1.32. The van der Waals surface area contributed by atoms with E-state index in [0.717, 1.165) is 39.3 Å². The molecular weight excluding hydrogens is 622 g/mol. The molecular formula is C30H34Cl4N4O2S. The molecule has 2 aromatic rings. The first kappa shape index (κ1) is 32.2. The summed E-state index contributed by atoms with van der Waals surface area (Å²) in [6.07, 6.45) is 6.50. The number of carbonyl (C=O) groups excluding carboxylic acids is 2. The summed E-state index contributed by atoms with van der Waals surface area (Å²) in [5.74, 6) is -0.0783. The molecule has 0 saturated carbocycles. The summed E-state index contributed by atoms with van der Waals surface area (Å²) in [7, 11) is 0. The maximum atomic E-state index is 12.6. The van der Waals surface area contributed by atoms with Gasteiger partial charge < -0.3 is 19.6 Å². The number of amides is 2. The van der Waals surface area contributed by atoms with Gasteiger partial charge in [0.1, 0.15) is 0 Å². The molecule has 0 bridgehead atoms. The van der Waals surface area contributed by atoms with Crippen LogP contribution in [-0.4, -0.2) is 96.9 Å². The number of likely N-dealkylation sites (N-methyl/N-ethyl adjacent to an activating group) is 2. The molecule has 41 heavy (non-hydrogen) atoms. The number of hydrogen-bond donors (Lipinski definition) is 0. The molecule has 0 N–H and O–H groups in total. The van der Waals surface area contributed by atoms with Crippen LogP contribution in [0.1, 0.15) is 25.0 Å². The number of hydrogen-bond acceptors (Lipinski definition) is 5. The summed E-state index contributed by atoms with van der Waals surface area (Å²) >= 11 is 27.8. The Kier molecular flexibility index (Phi) is 11.9. The summed E-state index contributed by atoms with van der Waals surface area (Å²) in [4.78, 5) is 35.0. The lowest BCUT2D eigenvalue weighted by molar-refractivity contribution is -0.128. The quantitative estimate of drug-likeness (QED) is 0.293. The van der Waals surface area contributed by atoms with Gasteiger partial charge in [-0.25, -0.2) is 0 Å². The third kappa shape index (κ3) is 8.23. The van der Waals surface area contributed by atoms with E-state index in [0.29, 0.717) is 67.2 Å². The standard InChI is InChI=1S/C30H34Cl4N4O2S/c1-3-35-13-17-37(18-14-35)25(39)11-7-21-5-9-23(29(33)27(21)31)41-24-10-6-22(28(32)30(24)34)8-12-26(40)38-19-15-36(4-2)16-20-38/h5-12H,3-4,13-20H2,1-2H3/b11-7+,12-8+. The smallest absolute Gasteiger partial charge is 0.246 e. The van der Waals surface area contributed by atoms with Gasteiger partial charge in [0.05, 0.1) is 20.1 Å². The van der Waals surface area contributed by atoms with Gasteiger partial charge in [0.2, 0.25) is 11.8 Å². The van der Waals surface area contributed by atoms with Crippen molar-refractivity contribution in [1.82, 2.24) is 19.6 Å². The predicted octanol–water partition coefficient (Wildman–Crippen LogP) is 6.81. The van der Waals surface area contributed by atoms with Crippen molar-refractivity contribution in [3.63, 3.8) is 0 Å². The average Bonchev–Trinajstić information content (AvgIpc) is 3.00. The fourth-order valence-electron chi connectivity index (χ4n) is 4.73. The molecule has 6 nitrogen and oxygen atoms in total. The van der Waals surface area contributed by atoms with Crippen LogP contribution in [0, 0.1) is 0 Å². The summed E-state index contributed by atoms with van der Waals surface area (Å²) in [6, 6.07) is 7.35. The third-order valence-corrected chi connectivity index (χ3v) is 10.6. The average molecular weight is 657 g/mol. The molecule has 11 heteroatoms. The second-order valence-electron chi connectivity index (χ2n) is 9.85. The van der Waals surface area contributed by atoms with Crippen LogP contribution in [0.4, 0.5) is 0 Å². The summed E-state index contributed by atoms with van der Waals surface area (Å²) in [5, 5.41) is 1.45. The zero-order chi connectivity index (χ0) is 29.5. The van der Waals surface area contributed by atoms with E-state index in [-0.39, 0.29) is 11.8 Å². The largest absolute Gasteiger partial charge is 0.337 e. The first-order chi connectivity index (χ1) is 19.7. The number of halogens is 4. The second kappa shape index (κ2) is 15.1. The molecule has 0 spiro atoms. The molecule has 0 unspecified atom stereocenters. The van der Waals surface area contributed by atoms with Crippen LogP contribution in [-0.2, 0) is 9.59 Å². The van der Waals surface area contributed by atoms with E-state index in [4.69, 9.17) is 46.4 Å². The molecule has 0 atom stereocenters. The maximum absolute atomic E-state index is 12.6. The molecule has 2 heterocycles. The van der Waals surface area contributed by atoms with Crippen molar-refractivity contribution in [2.45, 2.75) is 23.6 Å². The number of piperazine rings is 2. The van der Waals surface area contributed by atoms with E-state index in [1.54, 1.807) is 24.3 Å². The SMILES string of the molecule is CCN1CCN(C(=O)/C=C/c2ccc(Sc3ccc(/C=C/C(=O)N4CCN(CC)CC4)c(Cl)c3Cl)c(Cl)c2Cl)CC1. The number of nitrogens with zero attached hydrogens (tertiary/aromatic N) is 4. The van der Waals surface area contributed by atoms with Crippen LogP contribution in [0.5, 0.6) is 0 Å². The van der Waals surface area contributed by atoms with Crippen molar-refractivity contribution in [1.29, 1.82) is 0 Å². The van der Waals surface area contributed by atoms with Crippen molar-refractivity contribution in [3.8, 4) is 0 Å². The topological polar surface area (TPSA) is 47.1 Å². The highest BCUT2D eigenvalue weighted by atomic mass is 35.5. The van der Waals surface area contributed by atoms with Crippen LogP contribution in [0.15, 0.2) is 46.2 Å². The molecule has 0 aliphatic carbocycles. The van der Waals surface area contributed by atoms with Crippen molar-refractivity contribution in [2.75, 3.05) is 65.4 Å². The molecule has 2 fully saturated rings. The molecule has 2 aliphatic heterocycles. The molecule has 0 aromatic heterocycles. The highest BCUT2D eigenvalue weighted by molar-refractivity contribution is 7.99. The Morgan fingerprint density at radius 1 is 0.634 bits per heavy atom. The molecule has 2 aromatic carbocycles. The van der Waals surface area contributed by atoms with Gasteiger partial charge >= 0.3 is 0 Å². The third-order valence-electron chi connectivity index (χ3n) is 7.45. The monoisotopic (exact) mass is 654 g/mol. The van der Waals surface area contributed by atoms with Gasteiger partial charge in [0, 0.05) is 74.3 Å². The van der Waals surface area contributed by atoms with E-state index in [2.05, 4.69) is 23.6 Å². The fraction of sp³-hybridized carbons (Fsp3) is 0.400. The molecule has 2 aliphatic rings. The van der Waals surface area contributed by atoms with Gasteiger partial charge in [-0.1, -0.05) is 84.1 Å². The Labute approximate surface area is 266 Å². The van der Waals surface area contributed by atoms with Gasteiger partial charge in [-0.15, -0.1) is 0 Å². The zero-order valence-electron chi connectivity index (χ0n) is 23.2. The van der Waals surface area contributed by atoms with Crippen molar-refractivity contribution >= 4 is 82.1 Å². The lowest BCUT2D eigenvalue weighted by Crippen LogP contribution is -2.48. The molecule has 2 saturated heterocycles. The van der Waals surface area contributed by atoms with E-state index in [1.807, 2.05) is 34.1 Å². The lowest BCUT2D eigenvalue weighted by Gasteiger charge is -2.33. The summed E-state index contributed by atoms with van der Waals surface area (Å²) in [6.45, 7) is 12.6. The van der Waals surface area contributed by atoms with Crippen LogP contribution in [0.25, 0.3) is 12.2 Å². The van der Waals surface area contributed by atoms with Crippen molar-refractivity contribution in [3.05, 3.63) is 67.6 Å². The molecule has 220 valence electrons. The predicted molar refractivity (Wildman–Crippen MR) is 173 cm³/mol. The van der Waals surface area contributed by atoms with Gasteiger partial charge in [-0.3, -0.25) is 9.59 Å². The van der Waals surface area contributed by atoms with E-state index in [9.17, 15) is 9.59 Å². The Bertz CT molecular complexity index is 1220. The minimum atomic E-state index is -0.0391. The molecule has 4 rings (SSSR count). The normalized spacial score (nSPS) is 17.2. The highest BCUT2D eigenvalue weighted by Gasteiger charge is 2.20. The summed E-state index contributed by atoms with van der Waals surface area (Å²) < 4.78 is 0. The van der Waals surface area contributed by atoms with Crippen LogP contribution >= 0.6 is 58.2 Å². The van der Waals surface area contributed by atoms with E-state index in [1.165, 1.54) is 11.8 Å². The number of rotatable bonds is 8. The first-order valence-corrected chi connectivity index (χ1v) is 16.1. The zero-order valence-corrected chi connectivity index (χ0v) is 27.1. The van der Waals surface area contributed by atoms with Gasteiger partial charge in [-0.05, 0) is 48.5 Å². The van der Waals surface area contributed by atoms with Crippen LogP contribution in [0.3, 0.4) is 0 Å². The Morgan fingerprint density at radius 2 is 1.00 bits per heavy atom. The van der Waals surface area contributed by atoms with E-state index < -0.39 is 0 Å². The molecule has 2 amide bonds. The maximum Gasteiger partial charge on any atom is 0.246 e. The van der Waals surface area contributed by atoms with Gasteiger partial charge in [0.15, 0.2) is 0 Å². The lowest BCUT2D eigenvalue weighted by atomic mass is 10.2. The Balaban J connectivity index is 1.40. The minimum absolute atomic E-state index is 0.0391. The van der Waals surface area contributed by atoms with Crippen LogP contribution < -0.4 is 0 Å². The molecule has 0 radical (unpaired) electrons. The van der Waals surface area contributed by atoms with Crippen molar-refractivity contribution in [2.24, 2.45) is 0 Å². The Morgan fingerprint density at radius 3 is 1.34 bits per heavy atom. The van der Waals surface area contributed by atoms with Gasteiger partial charge in [-0.2, -0.15) is 0 Å². The second-order valence-corrected chi connectivity index (χ2v) is 12.4. The minimum Gasteiger partial charge on any atom is -0.337 e. The number of benzene rings is 2. The van der Waals surface area contributed by atoms with Crippen LogP contribution in [0.2, 0.25) is 20.1 Å². The first-order valence-electron chi connectivity index (χ1n) is 13.7. The van der Waals surface area contributed by atoms with Gasteiger partial charge in [0.25, 0.3) is 0 Å². The fourth-order valence-corrected chi connectivity index (χ4v) is 6.76. The van der Waals surface area contributed by atoms with E-state index >= 15 is 0 Å². The highest BCUT2D eigenvalue weighted by Crippen LogP contribution is 2.44.